The van der Waals surface area contributed by atoms with Crippen LogP contribution in [-0.2, 0) is 14.2 Å². The number of aliphatic hydroxyl groups excluding tert-OH is 1. The van der Waals surface area contributed by atoms with Gasteiger partial charge in [-0.2, -0.15) is 0 Å². The van der Waals surface area contributed by atoms with Gasteiger partial charge in [0.1, 0.15) is 6.10 Å². The first-order chi connectivity index (χ1) is 8.69. The lowest BCUT2D eigenvalue weighted by atomic mass is 10.0. The van der Waals surface area contributed by atoms with Crippen molar-refractivity contribution in [2.24, 2.45) is 0 Å². The van der Waals surface area contributed by atoms with Crippen LogP contribution >= 0.6 is 0 Å². The van der Waals surface area contributed by atoms with Crippen LogP contribution in [0, 0.1) is 0 Å². The van der Waals surface area contributed by atoms with Gasteiger partial charge in [-0.15, -0.1) is 0 Å². The van der Waals surface area contributed by atoms with E-state index >= 15 is 0 Å². The zero-order valence-corrected chi connectivity index (χ0v) is 11.9. The highest BCUT2D eigenvalue weighted by atomic mass is 16.6. The van der Waals surface area contributed by atoms with Crippen LogP contribution in [0.5, 0.6) is 0 Å². The Hall–Kier alpha value is -0.160. The maximum atomic E-state index is 9.64. The maximum Gasteiger partial charge on any atom is 0.157 e. The van der Waals surface area contributed by atoms with E-state index in [1.165, 1.54) is 0 Å². The van der Waals surface area contributed by atoms with E-state index in [4.69, 9.17) is 14.2 Å². The van der Waals surface area contributed by atoms with Gasteiger partial charge in [0.05, 0.1) is 12.2 Å². The smallest absolute Gasteiger partial charge is 0.157 e. The molecule has 1 unspecified atom stereocenters. The molecule has 1 N–H and O–H groups in total. The van der Waals surface area contributed by atoms with Gasteiger partial charge in [0.2, 0.25) is 0 Å². The van der Waals surface area contributed by atoms with Crippen LogP contribution < -0.4 is 0 Å². The highest BCUT2D eigenvalue weighted by Crippen LogP contribution is 2.24. The molecule has 0 aromatic heterocycles. The van der Waals surface area contributed by atoms with Crippen LogP contribution in [0.3, 0.4) is 0 Å². The summed E-state index contributed by atoms with van der Waals surface area (Å²) in [5, 5.41) is 9.64. The van der Waals surface area contributed by atoms with Crippen LogP contribution in [-0.4, -0.2) is 42.9 Å². The minimum Gasteiger partial charge on any atom is -0.375 e. The number of aliphatic hydroxyl groups is 1. The van der Waals surface area contributed by atoms with Crippen molar-refractivity contribution in [1.82, 2.24) is 0 Å². The molecule has 4 heteroatoms. The van der Waals surface area contributed by atoms with Gasteiger partial charge in [-0.25, -0.2) is 0 Å². The Morgan fingerprint density at radius 1 is 1.11 bits per heavy atom. The molecular weight excluding hydrogens is 232 g/mol. The molecule has 1 aliphatic rings. The van der Waals surface area contributed by atoms with Crippen molar-refractivity contribution in [3.63, 3.8) is 0 Å². The van der Waals surface area contributed by atoms with E-state index in [1.807, 2.05) is 6.92 Å². The van der Waals surface area contributed by atoms with Gasteiger partial charge in [0, 0.05) is 19.6 Å². The molecule has 0 radical (unpaired) electrons. The number of hydrogen-bond donors (Lipinski definition) is 1. The summed E-state index contributed by atoms with van der Waals surface area (Å²) in [5.41, 5.74) is 0. The Kier molecular flexibility index (Phi) is 7.82. The van der Waals surface area contributed by atoms with Crippen molar-refractivity contribution in [2.75, 3.05) is 13.2 Å². The molecule has 108 valence electrons. The molecule has 18 heavy (non-hydrogen) atoms. The predicted molar refractivity (Wildman–Crippen MR) is 70.5 cm³/mol. The molecule has 0 bridgehead atoms. The normalized spacial score (nSPS) is 32.7. The second kappa shape index (κ2) is 8.86. The van der Waals surface area contributed by atoms with Crippen molar-refractivity contribution in [3.8, 4) is 0 Å². The lowest BCUT2D eigenvalue weighted by Gasteiger charge is -2.38. The Balaban J connectivity index is 2.43. The molecule has 0 aromatic rings. The van der Waals surface area contributed by atoms with E-state index in [2.05, 4.69) is 13.8 Å². The zero-order valence-electron chi connectivity index (χ0n) is 11.9. The predicted octanol–water partition coefficient (Wildman–Crippen LogP) is 2.48. The number of unbranched alkanes of at least 4 members (excludes halogenated alkanes) is 2. The SMILES string of the molecule is CCCCO[C@@H]1C[C@@H](O)OC(C)[C@@H]1OCCCC. The first-order valence-electron chi connectivity index (χ1n) is 7.25. The molecule has 4 nitrogen and oxygen atoms in total. The first kappa shape index (κ1) is 15.9. The van der Waals surface area contributed by atoms with Crippen molar-refractivity contribution in [3.05, 3.63) is 0 Å². The van der Waals surface area contributed by atoms with Gasteiger partial charge in [0.25, 0.3) is 0 Å². The molecule has 1 fully saturated rings. The first-order valence-corrected chi connectivity index (χ1v) is 7.25. The van der Waals surface area contributed by atoms with Gasteiger partial charge in [-0.1, -0.05) is 26.7 Å². The molecule has 4 atom stereocenters. The van der Waals surface area contributed by atoms with Crippen molar-refractivity contribution < 1.29 is 19.3 Å². The van der Waals surface area contributed by atoms with Gasteiger partial charge in [-0.05, 0) is 19.8 Å². The summed E-state index contributed by atoms with van der Waals surface area (Å²) in [5.74, 6) is 0. The maximum absolute atomic E-state index is 9.64. The average Bonchev–Trinajstić information content (AvgIpc) is 2.32. The molecule has 0 aromatic carbocycles. The minimum absolute atomic E-state index is 0.0489. The third kappa shape index (κ3) is 5.22. The van der Waals surface area contributed by atoms with Crippen molar-refractivity contribution in [2.45, 2.75) is 77.5 Å². The quantitative estimate of drug-likeness (QED) is 0.681. The summed E-state index contributed by atoms with van der Waals surface area (Å²) in [6.45, 7) is 7.69. The molecule has 1 aliphatic heterocycles. The number of rotatable bonds is 8. The Bertz CT molecular complexity index is 210. The highest BCUT2D eigenvalue weighted by Gasteiger charge is 2.37. The van der Waals surface area contributed by atoms with Gasteiger partial charge < -0.3 is 19.3 Å². The second-order valence-corrected chi connectivity index (χ2v) is 4.98. The molecule has 0 saturated carbocycles. The van der Waals surface area contributed by atoms with Crippen LogP contribution in [0.1, 0.15) is 52.9 Å². The summed E-state index contributed by atoms with van der Waals surface area (Å²) < 4.78 is 17.1. The molecule has 0 aliphatic carbocycles. The third-order valence-corrected chi connectivity index (χ3v) is 3.27. The molecule has 1 heterocycles. The fraction of sp³-hybridized carbons (Fsp3) is 1.00. The lowest BCUT2D eigenvalue weighted by molar-refractivity contribution is -0.247. The van der Waals surface area contributed by atoms with Crippen molar-refractivity contribution >= 4 is 0 Å². The standard InChI is InChI=1S/C14H28O4/c1-4-6-8-16-12-10-13(15)18-11(3)14(12)17-9-7-5-2/h11-15H,4-10H2,1-3H3/t11?,12-,13+,14+/m1/s1. The van der Waals surface area contributed by atoms with Gasteiger partial charge in [-0.3, -0.25) is 0 Å². The van der Waals surface area contributed by atoms with E-state index in [-0.39, 0.29) is 18.3 Å². The van der Waals surface area contributed by atoms with E-state index in [0.717, 1.165) is 38.9 Å². The largest absolute Gasteiger partial charge is 0.375 e. The summed E-state index contributed by atoms with van der Waals surface area (Å²) in [4.78, 5) is 0. The highest BCUT2D eigenvalue weighted by molar-refractivity contribution is 4.82. The van der Waals surface area contributed by atoms with E-state index in [1.54, 1.807) is 0 Å². The summed E-state index contributed by atoms with van der Waals surface area (Å²) >= 11 is 0. The van der Waals surface area contributed by atoms with Gasteiger partial charge in [0.15, 0.2) is 6.29 Å². The molecule has 1 saturated heterocycles. The summed E-state index contributed by atoms with van der Waals surface area (Å²) in [6.07, 6.45) is 3.88. The van der Waals surface area contributed by atoms with E-state index < -0.39 is 6.29 Å². The molecular formula is C14H28O4. The molecule has 0 amide bonds. The fourth-order valence-electron chi connectivity index (χ4n) is 2.16. The minimum atomic E-state index is -0.724. The second-order valence-electron chi connectivity index (χ2n) is 4.98. The van der Waals surface area contributed by atoms with Crippen LogP contribution in [0.15, 0.2) is 0 Å². The Morgan fingerprint density at radius 3 is 2.33 bits per heavy atom. The summed E-state index contributed by atoms with van der Waals surface area (Å²) in [6, 6.07) is 0. The van der Waals surface area contributed by atoms with Gasteiger partial charge >= 0.3 is 0 Å². The topological polar surface area (TPSA) is 47.9 Å². The third-order valence-electron chi connectivity index (χ3n) is 3.27. The Labute approximate surface area is 111 Å². The van der Waals surface area contributed by atoms with Crippen LogP contribution in [0.4, 0.5) is 0 Å². The average molecular weight is 260 g/mol. The number of ether oxygens (including phenoxy) is 3. The van der Waals surface area contributed by atoms with E-state index in [0.29, 0.717) is 6.42 Å². The fourth-order valence-corrected chi connectivity index (χ4v) is 2.16. The molecule has 0 spiro atoms. The Morgan fingerprint density at radius 2 is 1.72 bits per heavy atom. The number of hydrogen-bond acceptors (Lipinski definition) is 4. The zero-order chi connectivity index (χ0) is 13.4. The molecule has 1 rings (SSSR count). The lowest BCUT2D eigenvalue weighted by Crippen LogP contribution is -2.49. The monoisotopic (exact) mass is 260 g/mol. The van der Waals surface area contributed by atoms with Crippen LogP contribution in [0.2, 0.25) is 0 Å². The van der Waals surface area contributed by atoms with Crippen molar-refractivity contribution in [1.29, 1.82) is 0 Å². The van der Waals surface area contributed by atoms with E-state index in [9.17, 15) is 5.11 Å². The summed E-state index contributed by atoms with van der Waals surface area (Å²) in [7, 11) is 0. The van der Waals surface area contributed by atoms with Crippen LogP contribution in [0.25, 0.3) is 0 Å².